The topological polar surface area (TPSA) is 84.3 Å². The number of nitrogens with one attached hydrogen (secondary N) is 1. The molecule has 3 rings (SSSR count). The van der Waals surface area contributed by atoms with Gasteiger partial charge in [0.15, 0.2) is 17.5 Å². The molecule has 0 atom stereocenters. The number of aryl methyl sites for hydroxylation is 1. The summed E-state index contributed by atoms with van der Waals surface area (Å²) in [6.45, 7) is 6.20. The van der Waals surface area contributed by atoms with E-state index < -0.39 is 0 Å². The SMILES string of the molecule is CCc1nsc(N2CCN(C(=NC)NCc3cc(OC)c(OC)c(OC)c3)CC2)n1. The van der Waals surface area contributed by atoms with E-state index in [1.54, 1.807) is 21.3 Å². The molecule has 0 amide bonds. The number of ether oxygens (including phenoxy) is 3. The van der Waals surface area contributed by atoms with Gasteiger partial charge in [-0.05, 0) is 17.7 Å². The molecule has 1 fully saturated rings. The number of aliphatic imine (C=N–C) groups is 1. The molecule has 1 aromatic carbocycles. The monoisotopic (exact) mass is 434 g/mol. The van der Waals surface area contributed by atoms with Crippen molar-refractivity contribution in [1.29, 1.82) is 0 Å². The quantitative estimate of drug-likeness (QED) is 0.523. The zero-order valence-corrected chi connectivity index (χ0v) is 19.1. The minimum absolute atomic E-state index is 0.590. The predicted octanol–water partition coefficient (Wildman–Crippen LogP) is 2.02. The third-order valence-corrected chi connectivity index (χ3v) is 5.83. The predicted molar refractivity (Wildman–Crippen MR) is 119 cm³/mol. The van der Waals surface area contributed by atoms with Gasteiger partial charge in [0.2, 0.25) is 10.9 Å². The number of aromatic nitrogens is 2. The molecule has 10 heteroatoms. The van der Waals surface area contributed by atoms with Crippen LogP contribution in [0.25, 0.3) is 0 Å². The van der Waals surface area contributed by atoms with Crippen molar-refractivity contribution < 1.29 is 14.2 Å². The summed E-state index contributed by atoms with van der Waals surface area (Å²) in [4.78, 5) is 13.6. The van der Waals surface area contributed by atoms with Crippen LogP contribution in [0, 0.1) is 0 Å². The molecule has 0 unspecified atom stereocenters. The van der Waals surface area contributed by atoms with Crippen LogP contribution in [0.2, 0.25) is 0 Å². The number of methoxy groups -OCH3 is 3. The molecule has 0 spiro atoms. The fraction of sp³-hybridized carbons (Fsp3) is 0.550. The van der Waals surface area contributed by atoms with E-state index >= 15 is 0 Å². The largest absolute Gasteiger partial charge is 0.493 e. The molecule has 0 aliphatic carbocycles. The molecule has 1 aliphatic rings. The van der Waals surface area contributed by atoms with E-state index in [1.807, 2.05) is 19.2 Å². The molecule has 9 nitrogen and oxygen atoms in total. The van der Waals surface area contributed by atoms with Crippen molar-refractivity contribution in [3.63, 3.8) is 0 Å². The van der Waals surface area contributed by atoms with Crippen molar-refractivity contribution in [2.45, 2.75) is 19.9 Å². The van der Waals surface area contributed by atoms with E-state index in [2.05, 4.69) is 36.4 Å². The van der Waals surface area contributed by atoms with E-state index in [0.717, 1.165) is 55.1 Å². The molecule has 0 bridgehead atoms. The van der Waals surface area contributed by atoms with Gasteiger partial charge in [0.1, 0.15) is 5.82 Å². The highest BCUT2D eigenvalue weighted by Crippen LogP contribution is 2.38. The average molecular weight is 435 g/mol. The number of hydrogen-bond acceptors (Lipinski definition) is 8. The summed E-state index contributed by atoms with van der Waals surface area (Å²) in [5.41, 5.74) is 1.02. The van der Waals surface area contributed by atoms with Crippen molar-refractivity contribution in [2.75, 3.05) is 59.5 Å². The Hall–Kier alpha value is -2.75. The minimum atomic E-state index is 0.590. The highest BCUT2D eigenvalue weighted by Gasteiger charge is 2.22. The smallest absolute Gasteiger partial charge is 0.205 e. The summed E-state index contributed by atoms with van der Waals surface area (Å²) in [5.74, 6) is 3.66. The van der Waals surface area contributed by atoms with Crippen molar-refractivity contribution >= 4 is 22.6 Å². The number of rotatable bonds is 7. The zero-order chi connectivity index (χ0) is 21.5. The first kappa shape index (κ1) is 21.9. The fourth-order valence-corrected chi connectivity index (χ4v) is 4.18. The van der Waals surface area contributed by atoms with Crippen molar-refractivity contribution in [3.8, 4) is 17.2 Å². The van der Waals surface area contributed by atoms with Gasteiger partial charge in [-0.1, -0.05) is 6.92 Å². The molecule has 0 saturated carbocycles. The Labute approximate surface area is 181 Å². The van der Waals surface area contributed by atoms with Gasteiger partial charge in [-0.15, -0.1) is 0 Å². The van der Waals surface area contributed by atoms with Crippen molar-refractivity contribution in [2.24, 2.45) is 4.99 Å². The van der Waals surface area contributed by atoms with Gasteiger partial charge in [-0.3, -0.25) is 4.99 Å². The van der Waals surface area contributed by atoms with Gasteiger partial charge >= 0.3 is 0 Å². The third-order valence-electron chi connectivity index (χ3n) is 5.01. The Balaban J connectivity index is 1.60. The Bertz CT molecular complexity index is 839. The minimum Gasteiger partial charge on any atom is -0.493 e. The van der Waals surface area contributed by atoms with Crippen LogP contribution in [-0.2, 0) is 13.0 Å². The molecule has 1 aromatic heterocycles. The van der Waals surface area contributed by atoms with Crippen LogP contribution >= 0.6 is 11.5 Å². The van der Waals surface area contributed by atoms with Gasteiger partial charge in [0, 0.05) is 57.7 Å². The van der Waals surface area contributed by atoms with Gasteiger partial charge in [-0.25, -0.2) is 4.98 Å². The molecular formula is C20H30N6O3S. The van der Waals surface area contributed by atoms with Crippen molar-refractivity contribution in [1.82, 2.24) is 19.6 Å². The molecule has 2 aromatic rings. The Morgan fingerprint density at radius 2 is 1.77 bits per heavy atom. The second-order valence-corrected chi connectivity index (χ2v) is 7.49. The summed E-state index contributed by atoms with van der Waals surface area (Å²) in [7, 11) is 6.65. The normalized spacial score (nSPS) is 14.6. The number of benzene rings is 1. The second-order valence-electron chi connectivity index (χ2n) is 6.76. The second kappa shape index (κ2) is 10.3. The number of hydrogen-bond donors (Lipinski definition) is 1. The van der Waals surface area contributed by atoms with Crippen LogP contribution in [0.1, 0.15) is 18.3 Å². The van der Waals surface area contributed by atoms with Crippen molar-refractivity contribution in [3.05, 3.63) is 23.5 Å². The average Bonchev–Trinajstić information content (AvgIpc) is 3.28. The maximum atomic E-state index is 5.44. The van der Waals surface area contributed by atoms with E-state index in [0.29, 0.717) is 23.8 Å². The maximum absolute atomic E-state index is 5.44. The molecular weight excluding hydrogens is 404 g/mol. The Morgan fingerprint density at radius 1 is 1.10 bits per heavy atom. The van der Waals surface area contributed by atoms with Gasteiger partial charge in [-0.2, -0.15) is 4.37 Å². The van der Waals surface area contributed by atoms with Crippen LogP contribution in [0.3, 0.4) is 0 Å². The molecule has 164 valence electrons. The number of piperazine rings is 1. The lowest BCUT2D eigenvalue weighted by Gasteiger charge is -2.36. The van der Waals surface area contributed by atoms with E-state index in [9.17, 15) is 0 Å². The summed E-state index contributed by atoms with van der Waals surface area (Å²) in [6, 6.07) is 3.89. The molecule has 0 radical (unpaired) electrons. The Kier molecular flexibility index (Phi) is 7.56. The molecule has 30 heavy (non-hydrogen) atoms. The highest BCUT2D eigenvalue weighted by molar-refractivity contribution is 7.09. The van der Waals surface area contributed by atoms with E-state index in [1.165, 1.54) is 11.5 Å². The lowest BCUT2D eigenvalue weighted by molar-refractivity contribution is 0.323. The lowest BCUT2D eigenvalue weighted by atomic mass is 10.2. The van der Waals surface area contributed by atoms with E-state index in [4.69, 9.17) is 14.2 Å². The number of anilines is 1. The summed E-state index contributed by atoms with van der Waals surface area (Å²) in [5, 5.41) is 4.45. The molecule has 1 N–H and O–H groups in total. The zero-order valence-electron chi connectivity index (χ0n) is 18.3. The number of nitrogens with zero attached hydrogens (tertiary/aromatic N) is 5. The Morgan fingerprint density at radius 3 is 2.27 bits per heavy atom. The maximum Gasteiger partial charge on any atom is 0.205 e. The van der Waals surface area contributed by atoms with Crippen LogP contribution in [0.5, 0.6) is 17.2 Å². The molecule has 2 heterocycles. The van der Waals surface area contributed by atoms with Crippen LogP contribution < -0.4 is 24.4 Å². The van der Waals surface area contributed by atoms with Gasteiger partial charge < -0.3 is 29.3 Å². The van der Waals surface area contributed by atoms with Gasteiger partial charge in [0.25, 0.3) is 0 Å². The van der Waals surface area contributed by atoms with Crippen LogP contribution in [-0.4, -0.2) is 74.8 Å². The van der Waals surface area contributed by atoms with Crippen LogP contribution in [0.15, 0.2) is 17.1 Å². The standard InChI is InChI=1S/C20H30N6O3S/c1-6-17-23-20(30-24-17)26-9-7-25(8-10-26)19(21-2)22-13-14-11-15(27-3)18(29-5)16(12-14)28-4/h11-12H,6-10,13H2,1-5H3,(H,21,22). The third kappa shape index (κ3) is 4.86. The van der Waals surface area contributed by atoms with E-state index in [-0.39, 0.29) is 0 Å². The number of guanidine groups is 1. The first-order chi connectivity index (χ1) is 14.6. The molecule has 1 aliphatic heterocycles. The van der Waals surface area contributed by atoms with Gasteiger partial charge in [0.05, 0.1) is 21.3 Å². The fourth-order valence-electron chi connectivity index (χ4n) is 3.38. The van der Waals surface area contributed by atoms with Crippen LogP contribution in [0.4, 0.5) is 5.13 Å². The highest BCUT2D eigenvalue weighted by atomic mass is 32.1. The summed E-state index contributed by atoms with van der Waals surface area (Å²) in [6.07, 6.45) is 0.869. The first-order valence-corrected chi connectivity index (χ1v) is 10.7. The summed E-state index contributed by atoms with van der Waals surface area (Å²) >= 11 is 1.48. The molecule has 1 saturated heterocycles. The lowest BCUT2D eigenvalue weighted by Crippen LogP contribution is -2.52. The summed E-state index contributed by atoms with van der Waals surface area (Å²) < 4.78 is 20.7. The first-order valence-electron chi connectivity index (χ1n) is 9.95.